The second-order valence-corrected chi connectivity index (χ2v) is 4.70. The summed E-state index contributed by atoms with van der Waals surface area (Å²) in [6, 6.07) is 8.91. The summed E-state index contributed by atoms with van der Waals surface area (Å²) in [5, 5.41) is 9.09. The van der Waals surface area contributed by atoms with E-state index >= 15 is 0 Å². The summed E-state index contributed by atoms with van der Waals surface area (Å²) in [7, 11) is 1.64. The third-order valence-electron chi connectivity index (χ3n) is 2.94. The zero-order valence-electron chi connectivity index (χ0n) is 10.5. The first-order chi connectivity index (χ1) is 8.49. The number of carbonyl (C=O) groups excluding carboxylic acids is 1. The first-order valence-electron chi connectivity index (χ1n) is 5.70. The van der Waals surface area contributed by atoms with E-state index in [4.69, 9.17) is 23.1 Å². The average Bonchev–Trinajstić information content (AvgIpc) is 2.37. The largest absolute Gasteiger partial charge is 0.394 e. The first-order valence-corrected chi connectivity index (χ1v) is 6.11. The number of hydrogen-bond acceptors (Lipinski definition) is 3. The van der Waals surface area contributed by atoms with Crippen molar-refractivity contribution in [1.82, 2.24) is 4.90 Å². The van der Waals surface area contributed by atoms with E-state index in [2.05, 4.69) is 0 Å². The quantitative estimate of drug-likeness (QED) is 0.777. The zero-order chi connectivity index (χ0) is 13.7. The highest BCUT2D eigenvalue weighted by molar-refractivity contribution is 7.80. The molecule has 1 aromatic rings. The number of carbonyl (C=O) groups is 1. The molecule has 3 N–H and O–H groups in total. The smallest absolute Gasteiger partial charge is 0.237 e. The van der Waals surface area contributed by atoms with E-state index < -0.39 is 5.92 Å². The van der Waals surface area contributed by atoms with Crippen LogP contribution in [0.3, 0.4) is 0 Å². The maximum atomic E-state index is 12.3. The van der Waals surface area contributed by atoms with Gasteiger partial charge in [0.25, 0.3) is 0 Å². The molecule has 2 atom stereocenters. The lowest BCUT2D eigenvalue weighted by molar-refractivity contribution is -0.132. The van der Waals surface area contributed by atoms with Crippen molar-refractivity contribution in [2.24, 2.45) is 5.73 Å². The van der Waals surface area contributed by atoms with Crippen molar-refractivity contribution in [1.29, 1.82) is 0 Å². The van der Waals surface area contributed by atoms with Crippen LogP contribution in [0.1, 0.15) is 18.4 Å². The van der Waals surface area contributed by atoms with Gasteiger partial charge >= 0.3 is 0 Å². The van der Waals surface area contributed by atoms with Gasteiger partial charge in [-0.1, -0.05) is 42.5 Å². The van der Waals surface area contributed by atoms with Crippen LogP contribution in [0.15, 0.2) is 30.3 Å². The molecule has 0 bridgehead atoms. The lowest BCUT2D eigenvalue weighted by atomic mass is 9.97. The van der Waals surface area contributed by atoms with Gasteiger partial charge in [-0.25, -0.2) is 0 Å². The van der Waals surface area contributed by atoms with Crippen LogP contribution in [0, 0.1) is 0 Å². The summed E-state index contributed by atoms with van der Waals surface area (Å²) in [5.74, 6) is -0.838. The van der Waals surface area contributed by atoms with Gasteiger partial charge in [-0.3, -0.25) is 4.79 Å². The van der Waals surface area contributed by atoms with Crippen LogP contribution in [0.4, 0.5) is 0 Å². The number of likely N-dealkylation sites (N-methyl/N-ethyl adjacent to an activating group) is 1. The fraction of sp³-hybridized carbons (Fsp3) is 0.385. The zero-order valence-corrected chi connectivity index (χ0v) is 11.4. The van der Waals surface area contributed by atoms with Crippen LogP contribution in [-0.2, 0) is 4.79 Å². The molecule has 18 heavy (non-hydrogen) atoms. The molecule has 1 rings (SSSR count). The molecule has 0 heterocycles. The van der Waals surface area contributed by atoms with Gasteiger partial charge in [0.05, 0.1) is 17.6 Å². The lowest BCUT2D eigenvalue weighted by Gasteiger charge is -2.27. The number of nitrogens with zero attached hydrogens (tertiary/aromatic N) is 1. The van der Waals surface area contributed by atoms with Gasteiger partial charge in [-0.05, 0) is 12.5 Å². The van der Waals surface area contributed by atoms with E-state index in [9.17, 15) is 4.79 Å². The fourth-order valence-corrected chi connectivity index (χ4v) is 1.85. The Morgan fingerprint density at radius 2 is 2.00 bits per heavy atom. The average molecular weight is 266 g/mol. The molecule has 0 aliphatic rings. The highest BCUT2D eigenvalue weighted by Gasteiger charge is 2.28. The third kappa shape index (κ3) is 3.27. The molecule has 4 nitrogen and oxygen atoms in total. The predicted octanol–water partition coefficient (Wildman–Crippen LogP) is 0.895. The van der Waals surface area contributed by atoms with Crippen molar-refractivity contribution in [3.05, 3.63) is 35.9 Å². The predicted molar refractivity (Wildman–Crippen MR) is 75.3 cm³/mol. The Balaban J connectivity index is 3.00. The van der Waals surface area contributed by atoms with E-state index in [1.165, 1.54) is 4.90 Å². The number of rotatable bonds is 5. The lowest BCUT2D eigenvalue weighted by Crippen LogP contribution is -2.43. The van der Waals surface area contributed by atoms with Crippen LogP contribution < -0.4 is 5.73 Å². The van der Waals surface area contributed by atoms with Crippen molar-refractivity contribution in [3.63, 3.8) is 0 Å². The van der Waals surface area contributed by atoms with Crippen molar-refractivity contribution in [2.75, 3.05) is 13.7 Å². The van der Waals surface area contributed by atoms with Crippen molar-refractivity contribution < 1.29 is 9.90 Å². The van der Waals surface area contributed by atoms with E-state index in [1.807, 2.05) is 30.3 Å². The minimum atomic E-state index is -0.639. The van der Waals surface area contributed by atoms with Crippen LogP contribution in [0.5, 0.6) is 0 Å². The Hall–Kier alpha value is -1.46. The van der Waals surface area contributed by atoms with Crippen LogP contribution in [0.25, 0.3) is 0 Å². The highest BCUT2D eigenvalue weighted by Crippen LogP contribution is 2.19. The maximum absolute atomic E-state index is 12.3. The number of thiocarbonyl (C=S) groups is 1. The van der Waals surface area contributed by atoms with Gasteiger partial charge < -0.3 is 15.7 Å². The van der Waals surface area contributed by atoms with Gasteiger partial charge in [-0.15, -0.1) is 0 Å². The fourth-order valence-electron chi connectivity index (χ4n) is 1.62. The van der Waals surface area contributed by atoms with E-state index in [0.29, 0.717) is 0 Å². The molecule has 0 aromatic heterocycles. The molecule has 0 saturated heterocycles. The highest BCUT2D eigenvalue weighted by atomic mass is 32.1. The van der Waals surface area contributed by atoms with E-state index in [1.54, 1.807) is 14.0 Å². The SMILES string of the molecule is CC(CO)N(C)C(=O)C(C(N)=S)c1ccccc1. The molecule has 0 saturated carbocycles. The summed E-state index contributed by atoms with van der Waals surface area (Å²) in [5.41, 5.74) is 6.44. The summed E-state index contributed by atoms with van der Waals surface area (Å²) >= 11 is 4.99. The summed E-state index contributed by atoms with van der Waals surface area (Å²) in [4.78, 5) is 13.9. The molecule has 0 spiro atoms. The van der Waals surface area contributed by atoms with Gasteiger partial charge in [0, 0.05) is 7.05 Å². The maximum Gasteiger partial charge on any atom is 0.237 e. The number of nitrogens with two attached hydrogens (primary N) is 1. The Bertz CT molecular complexity index is 422. The van der Waals surface area contributed by atoms with Crippen molar-refractivity contribution in [2.45, 2.75) is 18.9 Å². The van der Waals surface area contributed by atoms with Crippen molar-refractivity contribution in [3.8, 4) is 0 Å². The Morgan fingerprint density at radius 3 is 2.44 bits per heavy atom. The minimum absolute atomic E-state index is 0.0961. The van der Waals surface area contributed by atoms with E-state index in [-0.39, 0.29) is 23.5 Å². The number of hydrogen-bond donors (Lipinski definition) is 2. The molecule has 2 unspecified atom stereocenters. The Kier molecular flexibility index (Phi) is 5.25. The normalized spacial score (nSPS) is 13.7. The van der Waals surface area contributed by atoms with Gasteiger partial charge in [0.2, 0.25) is 5.91 Å². The molecule has 0 fully saturated rings. The molecule has 5 heteroatoms. The van der Waals surface area contributed by atoms with Crippen LogP contribution >= 0.6 is 12.2 Å². The van der Waals surface area contributed by atoms with Gasteiger partial charge in [0.15, 0.2) is 0 Å². The molecule has 1 amide bonds. The second-order valence-electron chi connectivity index (χ2n) is 4.23. The van der Waals surface area contributed by atoms with Crippen LogP contribution in [0.2, 0.25) is 0 Å². The number of amides is 1. The number of aliphatic hydroxyl groups excluding tert-OH is 1. The summed E-state index contributed by atoms with van der Waals surface area (Å²) in [6.07, 6.45) is 0. The molecule has 98 valence electrons. The first kappa shape index (κ1) is 14.6. The topological polar surface area (TPSA) is 66.6 Å². The Morgan fingerprint density at radius 1 is 1.44 bits per heavy atom. The molecule has 1 aromatic carbocycles. The van der Waals surface area contributed by atoms with Crippen molar-refractivity contribution >= 4 is 23.1 Å². The van der Waals surface area contributed by atoms with Crippen LogP contribution in [-0.4, -0.2) is 40.6 Å². The molecule has 0 radical (unpaired) electrons. The molecule has 0 aliphatic carbocycles. The second kappa shape index (κ2) is 6.47. The van der Waals surface area contributed by atoms with Gasteiger partial charge in [-0.2, -0.15) is 0 Å². The standard InChI is InChI=1S/C13H18N2O2S/c1-9(8-16)15(2)13(17)11(12(14)18)10-6-4-3-5-7-10/h3-7,9,11,16H,8H2,1-2H3,(H2,14,18). The molecular formula is C13H18N2O2S. The summed E-state index contributed by atoms with van der Waals surface area (Å²) in [6.45, 7) is 1.67. The molecular weight excluding hydrogens is 248 g/mol. The minimum Gasteiger partial charge on any atom is -0.394 e. The third-order valence-corrected chi connectivity index (χ3v) is 3.17. The van der Waals surface area contributed by atoms with Gasteiger partial charge in [0.1, 0.15) is 5.92 Å². The molecule has 0 aliphatic heterocycles. The number of benzene rings is 1. The summed E-state index contributed by atoms with van der Waals surface area (Å²) < 4.78 is 0. The Labute approximate surface area is 112 Å². The number of aliphatic hydroxyl groups is 1. The monoisotopic (exact) mass is 266 g/mol. The van der Waals surface area contributed by atoms with E-state index in [0.717, 1.165) is 5.56 Å².